The molecule has 0 saturated heterocycles. The molecule has 3 rings (SSSR count). The number of benzene rings is 3. The van der Waals surface area contributed by atoms with Crippen LogP contribution in [0, 0.1) is 11.3 Å². The van der Waals surface area contributed by atoms with E-state index in [4.69, 9.17) is 5.26 Å². The molecule has 0 spiro atoms. The van der Waals surface area contributed by atoms with Crippen molar-refractivity contribution >= 4 is 12.6 Å². The van der Waals surface area contributed by atoms with Crippen molar-refractivity contribution in [3.8, 4) is 17.2 Å². The van der Waals surface area contributed by atoms with Gasteiger partial charge in [0.15, 0.2) is 5.84 Å². The summed E-state index contributed by atoms with van der Waals surface area (Å²) in [6.45, 7) is 4.15. The van der Waals surface area contributed by atoms with Gasteiger partial charge in [0.2, 0.25) is 0 Å². The highest BCUT2D eigenvalue weighted by Crippen LogP contribution is 2.22. The van der Waals surface area contributed by atoms with Gasteiger partial charge in [0.25, 0.3) is 0 Å². The minimum Gasteiger partial charge on any atom is -0.261 e. The second-order valence-corrected chi connectivity index (χ2v) is 5.56. The molecular weight excluding hydrogens is 306 g/mol. The summed E-state index contributed by atoms with van der Waals surface area (Å²) in [5, 5.41) is 9.06. The van der Waals surface area contributed by atoms with E-state index in [0.29, 0.717) is 17.9 Å². The van der Waals surface area contributed by atoms with Gasteiger partial charge in [0, 0.05) is 5.56 Å². The minimum atomic E-state index is 0.523. The molecule has 0 aromatic heterocycles. The first-order valence-corrected chi connectivity index (χ1v) is 7.96. The molecule has 0 N–H and O–H groups in total. The summed E-state index contributed by atoms with van der Waals surface area (Å²) in [6.07, 6.45) is 0. The highest BCUT2D eigenvalue weighted by atomic mass is 14.9. The molecule has 3 aromatic carbocycles. The molecule has 0 radical (unpaired) electrons. The lowest BCUT2D eigenvalue weighted by Crippen LogP contribution is -1.97. The number of amidine groups is 1. The number of rotatable bonds is 4. The van der Waals surface area contributed by atoms with E-state index in [2.05, 4.69) is 28.8 Å². The first kappa shape index (κ1) is 16.4. The van der Waals surface area contributed by atoms with Crippen LogP contribution in [0.4, 0.5) is 0 Å². The zero-order chi connectivity index (χ0) is 17.5. The van der Waals surface area contributed by atoms with Gasteiger partial charge in [-0.15, -0.1) is 0 Å². The topological polar surface area (TPSA) is 48.5 Å². The fourth-order valence-electron chi connectivity index (χ4n) is 2.60. The van der Waals surface area contributed by atoms with Crippen molar-refractivity contribution in [3.05, 3.63) is 95.6 Å². The lowest BCUT2D eigenvalue weighted by molar-refractivity contribution is 1.06. The molecule has 3 heteroatoms. The molecule has 0 saturated carbocycles. The molecule has 0 aliphatic heterocycles. The first-order valence-electron chi connectivity index (χ1n) is 7.96. The largest absolute Gasteiger partial charge is 0.261 e. The van der Waals surface area contributed by atoms with Crippen LogP contribution in [0.15, 0.2) is 88.8 Å². The van der Waals surface area contributed by atoms with E-state index in [1.54, 1.807) is 6.07 Å². The van der Waals surface area contributed by atoms with Gasteiger partial charge < -0.3 is 0 Å². The summed E-state index contributed by atoms with van der Waals surface area (Å²) in [5.41, 5.74) is 4.78. The Morgan fingerprint density at radius 2 is 1.60 bits per heavy atom. The van der Waals surface area contributed by atoms with Crippen LogP contribution < -0.4 is 0 Å². The van der Waals surface area contributed by atoms with Gasteiger partial charge in [-0.25, -0.2) is 4.99 Å². The molecule has 120 valence electrons. The molecule has 0 unspecified atom stereocenters. The van der Waals surface area contributed by atoms with E-state index in [9.17, 15) is 0 Å². The Hall–Kier alpha value is -3.51. The summed E-state index contributed by atoms with van der Waals surface area (Å²) in [5.74, 6) is 0.637. The molecule has 0 aliphatic rings. The van der Waals surface area contributed by atoms with Crippen molar-refractivity contribution in [2.24, 2.45) is 9.98 Å². The second kappa shape index (κ2) is 7.85. The lowest BCUT2D eigenvalue weighted by atomic mass is 10.0. The van der Waals surface area contributed by atoms with Gasteiger partial charge in [0.05, 0.1) is 18.2 Å². The van der Waals surface area contributed by atoms with Gasteiger partial charge in [-0.1, -0.05) is 60.7 Å². The van der Waals surface area contributed by atoms with Crippen LogP contribution in [0.25, 0.3) is 11.1 Å². The standard InChI is InChI=1S/C22H17N3/c1-24-22(19-9-3-2-4-10-19)25-16-18-8-6-12-21(14-18)20-11-5-7-17(13-20)15-23/h2-14H,1,16H2. The Morgan fingerprint density at radius 1 is 0.880 bits per heavy atom. The van der Waals surface area contributed by atoms with Crippen molar-refractivity contribution in [1.29, 1.82) is 5.26 Å². The fraction of sp³-hybridized carbons (Fsp3) is 0.0455. The van der Waals surface area contributed by atoms with E-state index in [1.165, 1.54) is 0 Å². The molecule has 3 nitrogen and oxygen atoms in total. The second-order valence-electron chi connectivity index (χ2n) is 5.56. The van der Waals surface area contributed by atoms with Gasteiger partial charge in [-0.3, -0.25) is 4.99 Å². The van der Waals surface area contributed by atoms with Crippen molar-refractivity contribution in [2.45, 2.75) is 6.54 Å². The molecule has 0 fully saturated rings. The predicted molar refractivity (Wildman–Crippen MR) is 103 cm³/mol. The molecule has 3 aromatic rings. The van der Waals surface area contributed by atoms with Gasteiger partial charge in [-0.2, -0.15) is 5.26 Å². The Kier molecular flexibility index (Phi) is 5.13. The van der Waals surface area contributed by atoms with Crippen LogP contribution in [-0.4, -0.2) is 12.6 Å². The third-order valence-corrected chi connectivity index (χ3v) is 3.85. The number of nitrogens with zero attached hydrogens (tertiary/aromatic N) is 3. The molecule has 0 amide bonds. The zero-order valence-corrected chi connectivity index (χ0v) is 13.8. The SMILES string of the molecule is C=NC(=NCc1cccc(-c2cccc(C#N)c2)c1)c1ccccc1. The van der Waals surface area contributed by atoms with Crippen LogP contribution in [0.3, 0.4) is 0 Å². The molecule has 0 heterocycles. The van der Waals surface area contributed by atoms with E-state index >= 15 is 0 Å². The zero-order valence-electron chi connectivity index (χ0n) is 13.8. The predicted octanol–water partition coefficient (Wildman–Crippen LogP) is 4.87. The van der Waals surface area contributed by atoms with Crippen molar-refractivity contribution in [1.82, 2.24) is 0 Å². The quantitative estimate of drug-likeness (QED) is 0.499. The van der Waals surface area contributed by atoms with E-state index in [-0.39, 0.29) is 0 Å². The summed E-state index contributed by atoms with van der Waals surface area (Å²) in [7, 11) is 0. The molecule has 25 heavy (non-hydrogen) atoms. The maximum atomic E-state index is 9.06. The number of nitriles is 1. The maximum Gasteiger partial charge on any atom is 0.154 e. The smallest absolute Gasteiger partial charge is 0.154 e. The minimum absolute atomic E-state index is 0.523. The molecule has 0 aliphatic carbocycles. The Morgan fingerprint density at radius 3 is 2.32 bits per heavy atom. The van der Waals surface area contributed by atoms with E-state index in [1.807, 2.05) is 66.7 Å². The van der Waals surface area contributed by atoms with Crippen LogP contribution in [-0.2, 0) is 6.54 Å². The Bertz CT molecular complexity index is 950. The molecule has 0 atom stereocenters. The average Bonchev–Trinajstić information content (AvgIpc) is 2.69. The number of hydrogen-bond donors (Lipinski definition) is 0. The van der Waals surface area contributed by atoms with Crippen molar-refractivity contribution < 1.29 is 0 Å². The first-order chi connectivity index (χ1) is 12.3. The summed E-state index contributed by atoms with van der Waals surface area (Å²) in [4.78, 5) is 8.63. The fourth-order valence-corrected chi connectivity index (χ4v) is 2.60. The normalized spacial score (nSPS) is 10.9. The van der Waals surface area contributed by atoms with Crippen molar-refractivity contribution in [2.75, 3.05) is 0 Å². The highest BCUT2D eigenvalue weighted by molar-refractivity contribution is 6.01. The summed E-state index contributed by atoms with van der Waals surface area (Å²) in [6, 6.07) is 27.8. The van der Waals surface area contributed by atoms with Crippen molar-refractivity contribution in [3.63, 3.8) is 0 Å². The molecule has 0 bridgehead atoms. The Balaban J connectivity index is 1.86. The highest BCUT2D eigenvalue weighted by Gasteiger charge is 2.03. The van der Waals surface area contributed by atoms with E-state index in [0.717, 1.165) is 22.3 Å². The molecular formula is C22H17N3. The van der Waals surface area contributed by atoms with Gasteiger partial charge in [-0.05, 0) is 41.6 Å². The van der Waals surface area contributed by atoms with Crippen LogP contribution in [0.2, 0.25) is 0 Å². The third kappa shape index (κ3) is 4.07. The monoisotopic (exact) mass is 323 g/mol. The van der Waals surface area contributed by atoms with Crippen LogP contribution in [0.5, 0.6) is 0 Å². The van der Waals surface area contributed by atoms with Gasteiger partial charge in [0.1, 0.15) is 0 Å². The van der Waals surface area contributed by atoms with Gasteiger partial charge >= 0.3 is 0 Å². The summed E-state index contributed by atoms with van der Waals surface area (Å²) < 4.78 is 0. The Labute approximate surface area is 147 Å². The number of hydrogen-bond acceptors (Lipinski definition) is 2. The van der Waals surface area contributed by atoms with Crippen LogP contribution >= 0.6 is 0 Å². The van der Waals surface area contributed by atoms with E-state index < -0.39 is 0 Å². The van der Waals surface area contributed by atoms with Crippen LogP contribution in [0.1, 0.15) is 16.7 Å². The maximum absolute atomic E-state index is 9.06. The number of aliphatic imine (C=N–C) groups is 2. The average molecular weight is 323 g/mol. The third-order valence-electron chi connectivity index (χ3n) is 3.85. The lowest BCUT2D eigenvalue weighted by Gasteiger charge is -2.05. The summed E-state index contributed by atoms with van der Waals surface area (Å²) >= 11 is 0.